The summed E-state index contributed by atoms with van der Waals surface area (Å²) in [5.41, 5.74) is 2.18. The summed E-state index contributed by atoms with van der Waals surface area (Å²) in [6.45, 7) is 3.52. The van der Waals surface area contributed by atoms with Crippen molar-refractivity contribution in [1.82, 2.24) is 0 Å². The molecule has 0 bridgehead atoms. The zero-order valence-corrected chi connectivity index (χ0v) is 13.5. The molecule has 0 aromatic heterocycles. The van der Waals surface area contributed by atoms with Crippen molar-refractivity contribution >= 4 is 17.6 Å². The second-order valence-electron chi connectivity index (χ2n) is 5.94. The lowest BCUT2D eigenvalue weighted by atomic mass is 10.1. The highest BCUT2D eigenvalue weighted by molar-refractivity contribution is 6.00. The van der Waals surface area contributed by atoms with Crippen LogP contribution in [0.4, 0.5) is 10.1 Å². The second kappa shape index (κ2) is 6.43. The number of anilines is 1. The number of ether oxygens (including phenoxy) is 1. The summed E-state index contributed by atoms with van der Waals surface area (Å²) in [5, 5.41) is 0. The minimum absolute atomic E-state index is 0.0156. The van der Waals surface area contributed by atoms with Gasteiger partial charge in [0.15, 0.2) is 6.10 Å². The number of nitrogens with zero attached hydrogens (tertiary/aromatic N) is 1. The van der Waals surface area contributed by atoms with Crippen LogP contribution in [0.15, 0.2) is 48.5 Å². The number of halogens is 1. The van der Waals surface area contributed by atoms with Crippen LogP contribution in [0, 0.1) is 5.82 Å². The number of esters is 1. The fourth-order valence-electron chi connectivity index (χ4n) is 2.96. The number of benzene rings is 2. The number of para-hydroxylation sites is 1. The Kier molecular flexibility index (Phi) is 4.34. The molecule has 5 heteroatoms. The van der Waals surface area contributed by atoms with Crippen LogP contribution in [0.3, 0.4) is 0 Å². The molecule has 0 radical (unpaired) electrons. The van der Waals surface area contributed by atoms with Crippen LogP contribution < -0.4 is 4.90 Å². The molecule has 124 valence electrons. The quantitative estimate of drug-likeness (QED) is 0.812. The standard InChI is InChI=1S/C19H18FNO3/c1-12-11-15-5-3-4-6-17(15)21(12)18(22)13(2)24-19(23)14-7-9-16(20)10-8-14/h3-10,12-13H,11H2,1-2H3/t12-,13+/m0/s1. The lowest BCUT2D eigenvalue weighted by molar-refractivity contribution is -0.126. The second-order valence-corrected chi connectivity index (χ2v) is 5.94. The van der Waals surface area contributed by atoms with Crippen LogP contribution >= 0.6 is 0 Å². The van der Waals surface area contributed by atoms with Gasteiger partial charge in [-0.05, 0) is 56.2 Å². The molecule has 4 nitrogen and oxygen atoms in total. The van der Waals surface area contributed by atoms with Crippen LogP contribution in [0.25, 0.3) is 0 Å². The van der Waals surface area contributed by atoms with Gasteiger partial charge in [-0.15, -0.1) is 0 Å². The largest absolute Gasteiger partial charge is 0.449 e. The van der Waals surface area contributed by atoms with Crippen LogP contribution in [0.5, 0.6) is 0 Å². The van der Waals surface area contributed by atoms with Crippen molar-refractivity contribution in [2.45, 2.75) is 32.4 Å². The highest BCUT2D eigenvalue weighted by atomic mass is 19.1. The van der Waals surface area contributed by atoms with E-state index in [1.54, 1.807) is 11.8 Å². The fourth-order valence-corrected chi connectivity index (χ4v) is 2.96. The Bertz CT molecular complexity index is 772. The van der Waals surface area contributed by atoms with E-state index < -0.39 is 17.9 Å². The molecule has 2 aromatic carbocycles. The minimum Gasteiger partial charge on any atom is -0.449 e. The van der Waals surface area contributed by atoms with Crippen molar-refractivity contribution in [3.05, 3.63) is 65.5 Å². The maximum atomic E-state index is 12.9. The molecular formula is C19H18FNO3. The van der Waals surface area contributed by atoms with Crippen molar-refractivity contribution in [2.75, 3.05) is 4.90 Å². The van der Waals surface area contributed by atoms with Crippen LogP contribution in [0.2, 0.25) is 0 Å². The van der Waals surface area contributed by atoms with Gasteiger partial charge in [-0.2, -0.15) is 0 Å². The molecule has 1 aliphatic heterocycles. The highest BCUT2D eigenvalue weighted by Gasteiger charge is 2.34. The van der Waals surface area contributed by atoms with Gasteiger partial charge in [0.1, 0.15) is 5.82 Å². The van der Waals surface area contributed by atoms with Crippen LogP contribution in [-0.4, -0.2) is 24.0 Å². The first-order valence-corrected chi connectivity index (χ1v) is 7.85. The smallest absolute Gasteiger partial charge is 0.338 e. The zero-order chi connectivity index (χ0) is 17.3. The maximum absolute atomic E-state index is 12.9. The predicted octanol–water partition coefficient (Wildman–Crippen LogP) is 3.35. The normalized spacial score (nSPS) is 17.3. The van der Waals surface area contributed by atoms with E-state index >= 15 is 0 Å². The average Bonchev–Trinajstić information content (AvgIpc) is 2.90. The Balaban J connectivity index is 1.73. The summed E-state index contributed by atoms with van der Waals surface area (Å²) < 4.78 is 18.2. The Morgan fingerprint density at radius 1 is 1.17 bits per heavy atom. The maximum Gasteiger partial charge on any atom is 0.338 e. The van der Waals surface area contributed by atoms with Crippen molar-refractivity contribution in [1.29, 1.82) is 0 Å². The molecule has 0 fully saturated rings. The van der Waals surface area contributed by atoms with E-state index in [9.17, 15) is 14.0 Å². The summed E-state index contributed by atoms with van der Waals surface area (Å²) in [6, 6.07) is 12.8. The molecule has 1 aliphatic rings. The zero-order valence-electron chi connectivity index (χ0n) is 13.5. The van der Waals surface area contributed by atoms with Gasteiger partial charge in [-0.25, -0.2) is 9.18 Å². The summed E-state index contributed by atoms with van der Waals surface area (Å²) in [6.07, 6.45) is -0.142. The van der Waals surface area contributed by atoms with E-state index in [0.29, 0.717) is 0 Å². The van der Waals surface area contributed by atoms with E-state index in [-0.39, 0.29) is 17.5 Å². The van der Waals surface area contributed by atoms with E-state index in [0.717, 1.165) is 17.7 Å². The van der Waals surface area contributed by atoms with Gasteiger partial charge in [0.05, 0.1) is 5.56 Å². The van der Waals surface area contributed by atoms with Gasteiger partial charge >= 0.3 is 5.97 Å². The van der Waals surface area contributed by atoms with Gasteiger partial charge in [0.25, 0.3) is 5.91 Å². The number of carbonyl (C=O) groups excluding carboxylic acids is 2. The third kappa shape index (κ3) is 3.02. The van der Waals surface area contributed by atoms with Gasteiger partial charge in [-0.1, -0.05) is 18.2 Å². The highest BCUT2D eigenvalue weighted by Crippen LogP contribution is 2.32. The Morgan fingerprint density at radius 2 is 1.83 bits per heavy atom. The summed E-state index contributed by atoms with van der Waals surface area (Å²) in [4.78, 5) is 26.5. The van der Waals surface area contributed by atoms with Crippen LogP contribution in [0.1, 0.15) is 29.8 Å². The number of rotatable bonds is 3. The van der Waals surface area contributed by atoms with Crippen molar-refractivity contribution in [3.8, 4) is 0 Å². The monoisotopic (exact) mass is 327 g/mol. The molecule has 0 aliphatic carbocycles. The third-order valence-corrected chi connectivity index (χ3v) is 4.16. The van der Waals surface area contributed by atoms with Gasteiger partial charge in [-0.3, -0.25) is 4.79 Å². The lowest BCUT2D eigenvalue weighted by Gasteiger charge is -2.25. The number of hydrogen-bond acceptors (Lipinski definition) is 3. The molecule has 0 saturated carbocycles. The molecule has 24 heavy (non-hydrogen) atoms. The summed E-state index contributed by atoms with van der Waals surface area (Å²) in [5.74, 6) is -1.34. The first-order chi connectivity index (χ1) is 11.5. The average molecular weight is 327 g/mol. The molecule has 3 rings (SSSR count). The summed E-state index contributed by atoms with van der Waals surface area (Å²) in [7, 11) is 0. The first kappa shape index (κ1) is 16.2. The van der Waals surface area contributed by atoms with E-state index in [2.05, 4.69) is 0 Å². The molecule has 1 amide bonds. The predicted molar refractivity (Wildman–Crippen MR) is 88.4 cm³/mol. The molecular weight excluding hydrogens is 309 g/mol. The Hall–Kier alpha value is -2.69. The number of carbonyl (C=O) groups is 2. The van der Waals surface area contributed by atoms with Gasteiger partial charge in [0, 0.05) is 11.7 Å². The first-order valence-electron chi connectivity index (χ1n) is 7.85. The SMILES string of the molecule is C[C@@H](OC(=O)c1ccc(F)cc1)C(=O)N1c2ccccc2C[C@@H]1C. The van der Waals surface area contributed by atoms with Crippen molar-refractivity contribution in [2.24, 2.45) is 0 Å². The third-order valence-electron chi connectivity index (χ3n) is 4.16. The van der Waals surface area contributed by atoms with E-state index in [4.69, 9.17) is 4.74 Å². The molecule has 0 N–H and O–H groups in total. The van der Waals surface area contributed by atoms with Crippen molar-refractivity contribution < 1.29 is 18.7 Å². The topological polar surface area (TPSA) is 46.6 Å². The lowest BCUT2D eigenvalue weighted by Crippen LogP contribution is -2.43. The minimum atomic E-state index is -0.920. The van der Waals surface area contributed by atoms with Gasteiger partial charge in [0.2, 0.25) is 0 Å². The van der Waals surface area contributed by atoms with Gasteiger partial charge < -0.3 is 9.64 Å². The molecule has 2 aromatic rings. The molecule has 0 unspecified atom stereocenters. The summed E-state index contributed by atoms with van der Waals surface area (Å²) >= 11 is 0. The van der Waals surface area contributed by atoms with E-state index in [1.165, 1.54) is 24.3 Å². The molecule has 0 saturated heterocycles. The number of hydrogen-bond donors (Lipinski definition) is 0. The Labute approximate surface area is 139 Å². The molecule has 1 heterocycles. The van der Waals surface area contributed by atoms with Crippen molar-refractivity contribution in [3.63, 3.8) is 0 Å². The molecule has 2 atom stereocenters. The molecule has 0 spiro atoms. The number of fused-ring (bicyclic) bond motifs is 1. The fraction of sp³-hybridized carbons (Fsp3) is 0.263. The van der Waals surface area contributed by atoms with Crippen LogP contribution in [-0.2, 0) is 16.0 Å². The Morgan fingerprint density at radius 3 is 2.54 bits per heavy atom. The van der Waals surface area contributed by atoms with E-state index in [1.807, 2.05) is 31.2 Å². The number of amides is 1.